The summed E-state index contributed by atoms with van der Waals surface area (Å²) >= 11 is 0. The zero-order valence-electron chi connectivity index (χ0n) is 10.6. The Labute approximate surface area is 113 Å². The SMILES string of the molecule is Cc1cccc(NS(=O)(=O)/C=C/c2ccccc2)c1. The summed E-state index contributed by atoms with van der Waals surface area (Å²) < 4.78 is 26.3. The third-order valence-electron chi connectivity index (χ3n) is 2.52. The number of rotatable bonds is 4. The summed E-state index contributed by atoms with van der Waals surface area (Å²) in [5.41, 5.74) is 2.42. The highest BCUT2D eigenvalue weighted by atomic mass is 32.2. The molecule has 2 aromatic rings. The topological polar surface area (TPSA) is 46.2 Å². The van der Waals surface area contributed by atoms with E-state index in [0.717, 1.165) is 11.1 Å². The third kappa shape index (κ3) is 4.26. The van der Waals surface area contributed by atoms with Crippen molar-refractivity contribution in [3.8, 4) is 0 Å². The number of hydrogen-bond donors (Lipinski definition) is 1. The number of hydrogen-bond acceptors (Lipinski definition) is 2. The zero-order valence-corrected chi connectivity index (χ0v) is 11.4. The Kier molecular flexibility index (Phi) is 4.02. The van der Waals surface area contributed by atoms with Gasteiger partial charge >= 0.3 is 0 Å². The van der Waals surface area contributed by atoms with Crippen LogP contribution in [-0.2, 0) is 10.0 Å². The number of anilines is 1. The van der Waals surface area contributed by atoms with Crippen LogP contribution in [0.2, 0.25) is 0 Å². The van der Waals surface area contributed by atoms with Crippen molar-refractivity contribution in [2.24, 2.45) is 0 Å². The molecule has 0 spiro atoms. The smallest absolute Gasteiger partial charge is 0.255 e. The quantitative estimate of drug-likeness (QED) is 0.928. The molecule has 0 heterocycles. The van der Waals surface area contributed by atoms with Gasteiger partial charge < -0.3 is 0 Å². The summed E-state index contributed by atoms with van der Waals surface area (Å²) in [7, 11) is -3.48. The fourth-order valence-electron chi connectivity index (χ4n) is 1.64. The van der Waals surface area contributed by atoms with Gasteiger partial charge in [-0.2, -0.15) is 0 Å². The zero-order chi connectivity index (χ0) is 13.7. The molecule has 0 amide bonds. The van der Waals surface area contributed by atoms with Crippen LogP contribution in [0.3, 0.4) is 0 Å². The number of aryl methyl sites for hydroxylation is 1. The van der Waals surface area contributed by atoms with Crippen molar-refractivity contribution in [1.29, 1.82) is 0 Å². The van der Waals surface area contributed by atoms with E-state index in [9.17, 15) is 8.42 Å². The molecular weight excluding hydrogens is 258 g/mol. The van der Waals surface area contributed by atoms with Crippen LogP contribution in [0.25, 0.3) is 6.08 Å². The predicted molar refractivity (Wildman–Crippen MR) is 79.2 cm³/mol. The molecule has 0 radical (unpaired) electrons. The monoisotopic (exact) mass is 273 g/mol. The van der Waals surface area contributed by atoms with Crippen LogP contribution in [0.1, 0.15) is 11.1 Å². The van der Waals surface area contributed by atoms with Gasteiger partial charge in [0.15, 0.2) is 0 Å². The van der Waals surface area contributed by atoms with Crippen LogP contribution in [0.15, 0.2) is 60.0 Å². The predicted octanol–water partition coefficient (Wildman–Crippen LogP) is 3.41. The average molecular weight is 273 g/mol. The van der Waals surface area contributed by atoms with E-state index in [1.165, 1.54) is 5.41 Å². The summed E-state index contributed by atoms with van der Waals surface area (Å²) in [4.78, 5) is 0. The second kappa shape index (κ2) is 5.71. The van der Waals surface area contributed by atoms with Gasteiger partial charge in [0.25, 0.3) is 10.0 Å². The first-order valence-corrected chi connectivity index (χ1v) is 7.42. The maximum atomic E-state index is 11.9. The Hall–Kier alpha value is -2.07. The summed E-state index contributed by atoms with van der Waals surface area (Å²) in [5, 5.41) is 1.17. The largest absolute Gasteiger partial charge is 0.280 e. The highest BCUT2D eigenvalue weighted by Crippen LogP contribution is 2.12. The molecule has 19 heavy (non-hydrogen) atoms. The fraction of sp³-hybridized carbons (Fsp3) is 0.0667. The molecule has 0 unspecified atom stereocenters. The standard InChI is InChI=1S/C15H15NO2S/c1-13-6-5-9-15(12-13)16-19(17,18)11-10-14-7-3-2-4-8-14/h2-12,16H,1H3/b11-10+. The summed E-state index contributed by atoms with van der Waals surface area (Å²) in [6.45, 7) is 1.91. The van der Waals surface area contributed by atoms with Crippen molar-refractivity contribution in [2.75, 3.05) is 4.72 Å². The van der Waals surface area contributed by atoms with E-state index >= 15 is 0 Å². The summed E-state index contributed by atoms with van der Waals surface area (Å²) in [6, 6.07) is 16.5. The third-order valence-corrected chi connectivity index (χ3v) is 3.53. The first kappa shape index (κ1) is 13.4. The van der Waals surface area contributed by atoms with E-state index in [1.54, 1.807) is 18.2 Å². The van der Waals surface area contributed by atoms with E-state index in [1.807, 2.05) is 49.4 Å². The molecule has 0 fully saturated rings. The van der Waals surface area contributed by atoms with Gasteiger partial charge in [-0.1, -0.05) is 42.5 Å². The van der Waals surface area contributed by atoms with Crippen molar-refractivity contribution in [3.05, 3.63) is 71.1 Å². The molecule has 0 atom stereocenters. The van der Waals surface area contributed by atoms with Crippen LogP contribution in [0.5, 0.6) is 0 Å². The summed E-state index contributed by atoms with van der Waals surface area (Å²) in [6.07, 6.45) is 1.57. The van der Waals surface area contributed by atoms with Crippen LogP contribution in [0.4, 0.5) is 5.69 Å². The minimum Gasteiger partial charge on any atom is -0.280 e. The molecule has 0 saturated carbocycles. The van der Waals surface area contributed by atoms with Gasteiger partial charge in [0, 0.05) is 5.69 Å². The number of nitrogens with one attached hydrogen (secondary N) is 1. The minimum absolute atomic E-state index is 0.567. The van der Waals surface area contributed by atoms with Crippen molar-refractivity contribution in [1.82, 2.24) is 0 Å². The first-order chi connectivity index (χ1) is 9.05. The van der Waals surface area contributed by atoms with Gasteiger partial charge in [0.05, 0.1) is 5.41 Å². The Balaban J connectivity index is 2.13. The molecule has 0 aliphatic rings. The van der Waals surface area contributed by atoms with Gasteiger partial charge in [-0.3, -0.25) is 4.72 Å². The lowest BCUT2D eigenvalue weighted by Gasteiger charge is -2.04. The molecule has 2 rings (SSSR count). The molecule has 0 aliphatic heterocycles. The van der Waals surface area contributed by atoms with Gasteiger partial charge in [-0.05, 0) is 36.3 Å². The second-order valence-electron chi connectivity index (χ2n) is 4.23. The Morgan fingerprint density at radius 2 is 1.74 bits per heavy atom. The van der Waals surface area contributed by atoms with Gasteiger partial charge in [0.2, 0.25) is 0 Å². The lowest BCUT2D eigenvalue weighted by molar-refractivity contribution is 0.609. The molecule has 4 heteroatoms. The van der Waals surface area contributed by atoms with Crippen LogP contribution in [0, 0.1) is 6.92 Å². The second-order valence-corrected chi connectivity index (χ2v) is 5.80. The van der Waals surface area contributed by atoms with Crippen LogP contribution < -0.4 is 4.72 Å². The van der Waals surface area contributed by atoms with E-state index in [4.69, 9.17) is 0 Å². The van der Waals surface area contributed by atoms with Crippen molar-refractivity contribution in [2.45, 2.75) is 6.92 Å². The van der Waals surface area contributed by atoms with Crippen LogP contribution >= 0.6 is 0 Å². The lowest BCUT2D eigenvalue weighted by Crippen LogP contribution is -2.08. The molecular formula is C15H15NO2S. The molecule has 1 N–H and O–H groups in total. The number of benzene rings is 2. The van der Waals surface area contributed by atoms with Crippen LogP contribution in [-0.4, -0.2) is 8.42 Å². The molecule has 0 bridgehead atoms. The maximum Gasteiger partial charge on any atom is 0.255 e. The highest BCUT2D eigenvalue weighted by Gasteiger charge is 2.05. The highest BCUT2D eigenvalue weighted by molar-refractivity contribution is 7.95. The Bertz CT molecular complexity index is 676. The first-order valence-electron chi connectivity index (χ1n) is 5.88. The van der Waals surface area contributed by atoms with E-state index in [-0.39, 0.29) is 0 Å². The molecule has 2 aromatic carbocycles. The fourth-order valence-corrected chi connectivity index (χ4v) is 2.50. The minimum atomic E-state index is -3.48. The summed E-state index contributed by atoms with van der Waals surface area (Å²) in [5.74, 6) is 0. The molecule has 0 aliphatic carbocycles. The average Bonchev–Trinajstić information content (AvgIpc) is 2.37. The van der Waals surface area contributed by atoms with Gasteiger partial charge in [-0.15, -0.1) is 0 Å². The molecule has 98 valence electrons. The van der Waals surface area contributed by atoms with Gasteiger partial charge in [-0.25, -0.2) is 8.42 Å². The maximum absolute atomic E-state index is 11.9. The Morgan fingerprint density at radius 3 is 2.42 bits per heavy atom. The van der Waals surface area contributed by atoms with E-state index in [0.29, 0.717) is 5.69 Å². The Morgan fingerprint density at radius 1 is 1.00 bits per heavy atom. The molecule has 3 nitrogen and oxygen atoms in total. The van der Waals surface area contributed by atoms with E-state index < -0.39 is 10.0 Å². The molecule has 0 aromatic heterocycles. The van der Waals surface area contributed by atoms with E-state index in [2.05, 4.69) is 4.72 Å². The normalized spacial score (nSPS) is 11.6. The van der Waals surface area contributed by atoms with Crippen molar-refractivity contribution >= 4 is 21.8 Å². The van der Waals surface area contributed by atoms with Crippen molar-refractivity contribution in [3.63, 3.8) is 0 Å². The lowest BCUT2D eigenvalue weighted by atomic mass is 10.2. The van der Waals surface area contributed by atoms with Gasteiger partial charge in [0.1, 0.15) is 0 Å². The van der Waals surface area contributed by atoms with Crippen molar-refractivity contribution < 1.29 is 8.42 Å². The number of sulfonamides is 1. The molecule has 0 saturated heterocycles.